The summed E-state index contributed by atoms with van der Waals surface area (Å²) in [5.41, 5.74) is 0. The van der Waals surface area contributed by atoms with Crippen LogP contribution in [0.25, 0.3) is 0 Å². The predicted molar refractivity (Wildman–Crippen MR) is 54.5 cm³/mol. The lowest BCUT2D eigenvalue weighted by molar-refractivity contribution is -0.900. The molecule has 2 amide bonds. The molecule has 1 heterocycles. The topological polar surface area (TPSA) is 59.8 Å². The normalized spacial score (nSPS) is 25.7. The Kier molecular flexibility index (Phi) is 4.55. The summed E-state index contributed by atoms with van der Waals surface area (Å²) in [6.07, 6.45) is 1.72. The Morgan fingerprint density at radius 1 is 1.53 bits per heavy atom. The zero-order chi connectivity index (χ0) is 11.3. The van der Waals surface area contributed by atoms with Gasteiger partial charge in [-0.25, -0.2) is 4.79 Å². The van der Waals surface area contributed by atoms with E-state index in [1.54, 1.807) is 0 Å². The van der Waals surface area contributed by atoms with Crippen LogP contribution in [-0.4, -0.2) is 38.7 Å². The highest BCUT2D eigenvalue weighted by Gasteiger charge is 2.22. The van der Waals surface area contributed by atoms with E-state index in [0.717, 1.165) is 19.5 Å². The summed E-state index contributed by atoms with van der Waals surface area (Å²) < 4.78 is 4.35. The van der Waals surface area contributed by atoms with Gasteiger partial charge in [0.1, 0.15) is 0 Å². The van der Waals surface area contributed by atoms with Gasteiger partial charge in [0.2, 0.25) is 0 Å². The van der Waals surface area contributed by atoms with Gasteiger partial charge in [-0.1, -0.05) is 6.92 Å². The van der Waals surface area contributed by atoms with E-state index in [1.807, 2.05) is 0 Å². The largest absolute Gasteiger partial charge is 0.453 e. The van der Waals surface area contributed by atoms with Crippen LogP contribution in [0.1, 0.15) is 19.8 Å². The zero-order valence-corrected chi connectivity index (χ0v) is 9.34. The van der Waals surface area contributed by atoms with Gasteiger partial charge in [0.25, 0.3) is 5.91 Å². The Morgan fingerprint density at radius 2 is 2.27 bits per heavy atom. The summed E-state index contributed by atoms with van der Waals surface area (Å²) in [6.45, 7) is 4.57. The van der Waals surface area contributed by atoms with Crippen LogP contribution in [-0.2, 0) is 9.53 Å². The second-order valence-corrected chi connectivity index (χ2v) is 4.17. The van der Waals surface area contributed by atoms with E-state index in [0.29, 0.717) is 12.5 Å². The van der Waals surface area contributed by atoms with Crippen molar-refractivity contribution in [1.82, 2.24) is 5.32 Å². The van der Waals surface area contributed by atoms with Crippen LogP contribution < -0.4 is 10.2 Å². The summed E-state index contributed by atoms with van der Waals surface area (Å²) in [4.78, 5) is 23.4. The Hall–Kier alpha value is -1.10. The number of methoxy groups -OCH3 is 1. The molecule has 5 heteroatoms. The fraction of sp³-hybridized carbons (Fsp3) is 0.800. The van der Waals surface area contributed by atoms with Gasteiger partial charge in [0.15, 0.2) is 6.54 Å². The summed E-state index contributed by atoms with van der Waals surface area (Å²) in [6, 6.07) is 0. The van der Waals surface area contributed by atoms with Crippen LogP contribution in [0, 0.1) is 5.92 Å². The molecule has 0 aliphatic carbocycles. The Bertz CT molecular complexity index is 243. The van der Waals surface area contributed by atoms with Gasteiger partial charge in [-0.3, -0.25) is 10.1 Å². The molecule has 0 aromatic carbocycles. The number of carbonyl (C=O) groups is 2. The van der Waals surface area contributed by atoms with Gasteiger partial charge < -0.3 is 9.64 Å². The molecule has 0 aromatic heterocycles. The molecule has 1 fully saturated rings. The first-order valence-corrected chi connectivity index (χ1v) is 5.33. The molecule has 0 bridgehead atoms. The van der Waals surface area contributed by atoms with Crippen molar-refractivity contribution in [2.75, 3.05) is 26.7 Å². The van der Waals surface area contributed by atoms with Gasteiger partial charge in [-0.05, 0) is 12.8 Å². The second kappa shape index (κ2) is 5.70. The van der Waals surface area contributed by atoms with Crippen molar-refractivity contribution >= 4 is 12.0 Å². The van der Waals surface area contributed by atoms with E-state index in [4.69, 9.17) is 0 Å². The number of imide groups is 1. The molecule has 1 aliphatic rings. The maximum Gasteiger partial charge on any atom is 0.413 e. The molecule has 1 aliphatic heterocycles. The highest BCUT2D eigenvalue weighted by atomic mass is 16.5. The number of amides is 2. The number of hydrogen-bond donors (Lipinski definition) is 2. The Morgan fingerprint density at radius 3 is 2.87 bits per heavy atom. The smallest absolute Gasteiger partial charge is 0.413 e. The Labute approximate surface area is 89.8 Å². The number of ether oxygens (including phenoxy) is 1. The third kappa shape index (κ3) is 4.29. The number of likely N-dealkylation sites (tertiary alicyclic amines) is 1. The quantitative estimate of drug-likeness (QED) is 0.633. The van der Waals surface area contributed by atoms with E-state index < -0.39 is 6.09 Å². The van der Waals surface area contributed by atoms with Crippen LogP contribution in [0.4, 0.5) is 4.79 Å². The highest BCUT2D eigenvalue weighted by molar-refractivity contribution is 5.92. The van der Waals surface area contributed by atoms with Crippen LogP contribution in [0.3, 0.4) is 0 Å². The summed E-state index contributed by atoms with van der Waals surface area (Å²) in [5, 5.41) is 2.17. The molecule has 86 valence electrons. The van der Waals surface area contributed by atoms with Crippen molar-refractivity contribution in [3.63, 3.8) is 0 Å². The molecule has 0 spiro atoms. The molecule has 0 saturated carbocycles. The average molecular weight is 215 g/mol. The van der Waals surface area contributed by atoms with Crippen molar-refractivity contribution in [2.24, 2.45) is 5.92 Å². The minimum Gasteiger partial charge on any atom is -0.453 e. The molecule has 1 unspecified atom stereocenters. The summed E-state index contributed by atoms with van der Waals surface area (Å²) in [5.74, 6) is 0.408. The van der Waals surface area contributed by atoms with E-state index in [9.17, 15) is 9.59 Å². The molecule has 1 saturated heterocycles. The lowest BCUT2D eigenvalue weighted by Gasteiger charge is -2.26. The standard InChI is InChI=1S/C10H18N2O3/c1-8-4-3-5-12(6-8)7-9(13)11-10(14)15-2/h8H,3-7H2,1-2H3,(H,11,13,14)/p+1/t8-/m1/s1. The highest BCUT2D eigenvalue weighted by Crippen LogP contribution is 2.04. The van der Waals surface area contributed by atoms with Crippen molar-refractivity contribution in [1.29, 1.82) is 0 Å². The van der Waals surface area contributed by atoms with Gasteiger partial charge in [0.05, 0.1) is 20.2 Å². The number of carbonyl (C=O) groups excluding carboxylic acids is 2. The molecule has 5 nitrogen and oxygen atoms in total. The van der Waals surface area contributed by atoms with E-state index in [2.05, 4.69) is 17.0 Å². The van der Waals surface area contributed by atoms with Crippen molar-refractivity contribution in [3.8, 4) is 0 Å². The van der Waals surface area contributed by atoms with Crippen LogP contribution in [0.2, 0.25) is 0 Å². The minimum absolute atomic E-state index is 0.258. The van der Waals surface area contributed by atoms with Crippen molar-refractivity contribution in [3.05, 3.63) is 0 Å². The van der Waals surface area contributed by atoms with Crippen molar-refractivity contribution in [2.45, 2.75) is 19.8 Å². The molecule has 1 rings (SSSR count). The number of hydrogen-bond acceptors (Lipinski definition) is 3. The summed E-state index contributed by atoms with van der Waals surface area (Å²) in [7, 11) is 1.25. The second-order valence-electron chi connectivity index (χ2n) is 4.17. The number of nitrogens with one attached hydrogen (secondary N) is 2. The molecule has 0 radical (unpaired) electrons. The minimum atomic E-state index is -0.676. The molecule has 2 atom stereocenters. The van der Waals surface area contributed by atoms with Gasteiger partial charge >= 0.3 is 6.09 Å². The third-order valence-corrected chi connectivity index (χ3v) is 2.70. The van der Waals surface area contributed by atoms with Crippen LogP contribution in [0.5, 0.6) is 0 Å². The lowest BCUT2D eigenvalue weighted by atomic mass is 10.0. The summed E-state index contributed by atoms with van der Waals surface area (Å²) >= 11 is 0. The number of piperidine rings is 1. The lowest BCUT2D eigenvalue weighted by Crippen LogP contribution is -3.14. The molecule has 15 heavy (non-hydrogen) atoms. The monoisotopic (exact) mass is 215 g/mol. The zero-order valence-electron chi connectivity index (χ0n) is 9.34. The molecular formula is C10H19N2O3+. The molecule has 0 aromatic rings. The fourth-order valence-corrected chi connectivity index (χ4v) is 1.99. The van der Waals surface area contributed by atoms with E-state index >= 15 is 0 Å². The number of rotatable bonds is 2. The number of alkyl carbamates (subject to hydrolysis) is 1. The maximum atomic E-state index is 11.4. The van der Waals surface area contributed by atoms with Crippen LogP contribution in [0.15, 0.2) is 0 Å². The van der Waals surface area contributed by atoms with Gasteiger partial charge in [-0.2, -0.15) is 0 Å². The first-order valence-electron chi connectivity index (χ1n) is 5.33. The van der Waals surface area contributed by atoms with Gasteiger partial charge in [0, 0.05) is 5.92 Å². The fourth-order valence-electron chi connectivity index (χ4n) is 1.99. The first-order chi connectivity index (χ1) is 7.11. The van der Waals surface area contributed by atoms with E-state index in [1.165, 1.54) is 18.4 Å². The number of quaternary nitrogens is 1. The van der Waals surface area contributed by atoms with Gasteiger partial charge in [-0.15, -0.1) is 0 Å². The van der Waals surface area contributed by atoms with Crippen molar-refractivity contribution < 1.29 is 19.2 Å². The third-order valence-electron chi connectivity index (χ3n) is 2.70. The average Bonchev–Trinajstić information content (AvgIpc) is 2.17. The first kappa shape index (κ1) is 12.0. The van der Waals surface area contributed by atoms with Crippen LogP contribution >= 0.6 is 0 Å². The SMILES string of the molecule is COC(=O)NC(=O)C[NH+]1CCC[C@@H](C)C1. The molecule has 2 N–H and O–H groups in total. The van der Waals surface area contributed by atoms with E-state index in [-0.39, 0.29) is 5.91 Å². The molecular weight excluding hydrogens is 196 g/mol. The maximum absolute atomic E-state index is 11.4. The Balaban J connectivity index is 2.27. The predicted octanol–water partition coefficient (Wildman–Crippen LogP) is -0.816.